The van der Waals surface area contributed by atoms with E-state index in [-0.39, 0.29) is 6.42 Å². The van der Waals surface area contributed by atoms with Gasteiger partial charge in [-0.15, -0.1) is 0 Å². The molecule has 0 bridgehead atoms. The third-order valence-electron chi connectivity index (χ3n) is 2.38. The van der Waals surface area contributed by atoms with Crippen molar-refractivity contribution in [3.05, 3.63) is 0 Å². The van der Waals surface area contributed by atoms with Crippen molar-refractivity contribution in [2.45, 2.75) is 31.7 Å². The van der Waals surface area contributed by atoms with Gasteiger partial charge in [-0.05, 0) is 19.9 Å². The molecule has 0 heterocycles. The molecule has 0 unspecified atom stereocenters. The van der Waals surface area contributed by atoms with Crippen LogP contribution in [0.2, 0.25) is 0 Å². The summed E-state index contributed by atoms with van der Waals surface area (Å²) in [5.74, 6) is -0.698. The lowest BCUT2D eigenvalue weighted by Crippen LogP contribution is -2.38. The van der Waals surface area contributed by atoms with Gasteiger partial charge in [0.15, 0.2) is 0 Å². The molecule has 11 heavy (non-hydrogen) atoms. The number of nitrogens with zero attached hydrogens (tertiary/aromatic N) is 1. The maximum absolute atomic E-state index is 10.2. The second-order valence-corrected chi connectivity index (χ2v) is 3.21. The molecule has 1 fully saturated rings. The summed E-state index contributed by atoms with van der Waals surface area (Å²) in [4.78, 5) is 12.4. The van der Waals surface area contributed by atoms with Crippen molar-refractivity contribution in [3.8, 4) is 0 Å². The number of aliphatic carboxylic acids is 1. The van der Waals surface area contributed by atoms with E-state index in [1.807, 2.05) is 7.05 Å². The normalized spacial score (nSPS) is 18.4. The molecule has 0 amide bonds. The highest BCUT2D eigenvalue weighted by molar-refractivity contribution is 5.66. The molecule has 1 N–H and O–H groups in total. The summed E-state index contributed by atoms with van der Waals surface area (Å²) >= 11 is 0. The Morgan fingerprint density at radius 3 is 2.64 bits per heavy atom. The average molecular weight is 157 g/mol. The number of carboxylic acids is 1. The minimum Gasteiger partial charge on any atom is -0.481 e. The Morgan fingerprint density at radius 1 is 1.64 bits per heavy atom. The van der Waals surface area contributed by atoms with Crippen LogP contribution in [-0.4, -0.2) is 35.6 Å². The van der Waals surface area contributed by atoms with Crippen LogP contribution in [-0.2, 0) is 4.79 Å². The Morgan fingerprint density at radius 2 is 2.27 bits per heavy atom. The smallest absolute Gasteiger partial charge is 0.304 e. The fourth-order valence-corrected chi connectivity index (χ4v) is 1.28. The predicted molar refractivity (Wildman–Crippen MR) is 42.5 cm³/mol. The summed E-state index contributed by atoms with van der Waals surface area (Å²) < 4.78 is 0. The Kier molecular flexibility index (Phi) is 2.88. The molecular formula is C8H15NO2. The molecule has 1 rings (SSSR count). The van der Waals surface area contributed by atoms with Crippen molar-refractivity contribution in [2.24, 2.45) is 0 Å². The van der Waals surface area contributed by atoms with E-state index in [1.54, 1.807) is 0 Å². The lowest BCUT2D eigenvalue weighted by molar-refractivity contribution is -0.137. The van der Waals surface area contributed by atoms with Gasteiger partial charge in [-0.2, -0.15) is 0 Å². The van der Waals surface area contributed by atoms with Gasteiger partial charge in [0.05, 0.1) is 6.42 Å². The van der Waals surface area contributed by atoms with Crippen LogP contribution in [0.4, 0.5) is 0 Å². The van der Waals surface area contributed by atoms with Crippen molar-refractivity contribution in [1.82, 2.24) is 4.90 Å². The number of hydrogen-bond donors (Lipinski definition) is 1. The number of rotatable bonds is 4. The zero-order valence-electron chi connectivity index (χ0n) is 6.92. The van der Waals surface area contributed by atoms with Gasteiger partial charge in [-0.1, -0.05) is 6.42 Å². The first-order chi connectivity index (χ1) is 5.20. The molecular weight excluding hydrogens is 142 g/mol. The molecule has 0 aliphatic heterocycles. The van der Waals surface area contributed by atoms with E-state index in [0.717, 1.165) is 0 Å². The second kappa shape index (κ2) is 3.72. The van der Waals surface area contributed by atoms with Crippen LogP contribution in [0.5, 0.6) is 0 Å². The fourth-order valence-electron chi connectivity index (χ4n) is 1.28. The van der Waals surface area contributed by atoms with Crippen molar-refractivity contribution in [3.63, 3.8) is 0 Å². The number of carboxylic acid groups (broad SMARTS) is 1. The van der Waals surface area contributed by atoms with Crippen LogP contribution in [0.3, 0.4) is 0 Å². The second-order valence-electron chi connectivity index (χ2n) is 3.21. The molecule has 0 spiro atoms. The van der Waals surface area contributed by atoms with Gasteiger partial charge in [0.25, 0.3) is 0 Å². The minimum atomic E-state index is -0.698. The van der Waals surface area contributed by atoms with Crippen LogP contribution in [0.25, 0.3) is 0 Å². The average Bonchev–Trinajstić information content (AvgIpc) is 1.79. The number of carbonyl (C=O) groups is 1. The molecule has 0 saturated heterocycles. The standard InChI is InChI=1S/C8H15NO2/c1-9(6-5-8(10)11)7-3-2-4-7/h7H,2-6H2,1H3,(H,10,11). The number of hydrogen-bond acceptors (Lipinski definition) is 2. The quantitative estimate of drug-likeness (QED) is 0.660. The molecule has 0 aromatic heterocycles. The van der Waals surface area contributed by atoms with E-state index in [4.69, 9.17) is 5.11 Å². The third-order valence-corrected chi connectivity index (χ3v) is 2.38. The van der Waals surface area contributed by atoms with E-state index >= 15 is 0 Å². The summed E-state index contributed by atoms with van der Waals surface area (Å²) in [5, 5.41) is 8.41. The SMILES string of the molecule is CN(CCC(=O)O)C1CCC1. The Bertz CT molecular complexity index is 143. The van der Waals surface area contributed by atoms with Crippen molar-refractivity contribution < 1.29 is 9.90 Å². The Labute approximate surface area is 67.0 Å². The zero-order chi connectivity index (χ0) is 8.27. The molecule has 0 aromatic carbocycles. The summed E-state index contributed by atoms with van der Waals surface area (Å²) in [6, 6.07) is 0.661. The van der Waals surface area contributed by atoms with Gasteiger partial charge in [-0.3, -0.25) is 4.79 Å². The van der Waals surface area contributed by atoms with Crippen LogP contribution in [0.1, 0.15) is 25.7 Å². The van der Waals surface area contributed by atoms with E-state index < -0.39 is 5.97 Å². The Hall–Kier alpha value is -0.570. The Balaban J connectivity index is 2.09. The lowest BCUT2D eigenvalue weighted by Gasteiger charge is -2.34. The van der Waals surface area contributed by atoms with Crippen LogP contribution in [0.15, 0.2) is 0 Å². The van der Waals surface area contributed by atoms with Crippen LogP contribution >= 0.6 is 0 Å². The van der Waals surface area contributed by atoms with Gasteiger partial charge in [0.1, 0.15) is 0 Å². The van der Waals surface area contributed by atoms with Crippen LogP contribution in [0, 0.1) is 0 Å². The summed E-state index contributed by atoms with van der Waals surface area (Å²) in [6.45, 7) is 0.694. The summed E-state index contributed by atoms with van der Waals surface area (Å²) in [5.41, 5.74) is 0. The zero-order valence-corrected chi connectivity index (χ0v) is 6.92. The van der Waals surface area contributed by atoms with E-state index in [9.17, 15) is 4.79 Å². The molecule has 1 saturated carbocycles. The highest BCUT2D eigenvalue weighted by Gasteiger charge is 2.21. The molecule has 3 nitrogen and oxygen atoms in total. The summed E-state index contributed by atoms with van der Waals surface area (Å²) in [7, 11) is 2.01. The van der Waals surface area contributed by atoms with Gasteiger partial charge >= 0.3 is 5.97 Å². The molecule has 0 atom stereocenters. The minimum absolute atomic E-state index is 0.271. The highest BCUT2D eigenvalue weighted by Crippen LogP contribution is 2.23. The first-order valence-corrected chi connectivity index (χ1v) is 4.12. The highest BCUT2D eigenvalue weighted by atomic mass is 16.4. The maximum Gasteiger partial charge on any atom is 0.304 e. The molecule has 3 heteroatoms. The van der Waals surface area contributed by atoms with Gasteiger partial charge in [0, 0.05) is 12.6 Å². The van der Waals surface area contributed by atoms with E-state index in [1.165, 1.54) is 19.3 Å². The maximum atomic E-state index is 10.2. The van der Waals surface area contributed by atoms with Crippen molar-refractivity contribution >= 4 is 5.97 Å². The summed E-state index contributed by atoms with van der Waals surface area (Å²) in [6.07, 6.45) is 4.07. The van der Waals surface area contributed by atoms with Gasteiger partial charge in [0.2, 0.25) is 0 Å². The van der Waals surface area contributed by atoms with Crippen molar-refractivity contribution in [2.75, 3.05) is 13.6 Å². The fraction of sp³-hybridized carbons (Fsp3) is 0.875. The van der Waals surface area contributed by atoms with E-state index in [0.29, 0.717) is 12.6 Å². The third kappa shape index (κ3) is 2.50. The van der Waals surface area contributed by atoms with E-state index in [2.05, 4.69) is 4.90 Å². The molecule has 1 aliphatic rings. The van der Waals surface area contributed by atoms with Gasteiger partial charge in [-0.25, -0.2) is 0 Å². The predicted octanol–water partition coefficient (Wildman–Crippen LogP) is 0.945. The molecule has 64 valence electrons. The van der Waals surface area contributed by atoms with Crippen molar-refractivity contribution in [1.29, 1.82) is 0 Å². The van der Waals surface area contributed by atoms with Crippen LogP contribution < -0.4 is 0 Å². The lowest BCUT2D eigenvalue weighted by atomic mass is 9.92. The van der Waals surface area contributed by atoms with Gasteiger partial charge < -0.3 is 10.0 Å². The molecule has 1 aliphatic carbocycles. The molecule has 0 aromatic rings. The molecule has 0 radical (unpaired) electrons. The topological polar surface area (TPSA) is 40.5 Å². The largest absolute Gasteiger partial charge is 0.481 e. The monoisotopic (exact) mass is 157 g/mol. The first kappa shape index (κ1) is 8.53. The first-order valence-electron chi connectivity index (χ1n) is 4.12.